The van der Waals surface area contributed by atoms with Crippen molar-refractivity contribution in [3.63, 3.8) is 0 Å². The van der Waals surface area contributed by atoms with E-state index in [-0.39, 0.29) is 12.5 Å². The summed E-state index contributed by atoms with van der Waals surface area (Å²) in [4.78, 5) is 15.0. The second kappa shape index (κ2) is 5.95. The maximum absolute atomic E-state index is 11.2. The van der Waals surface area contributed by atoms with Gasteiger partial charge < -0.3 is 15.1 Å². The fraction of sp³-hybridized carbons (Fsp3) is 0.889. The van der Waals surface area contributed by atoms with E-state index in [0.717, 1.165) is 19.5 Å². The Labute approximate surface area is 83.9 Å². The molecule has 5 heteroatoms. The molecule has 2 N–H and O–H groups in total. The molecule has 0 bridgehead atoms. The third-order valence-corrected chi connectivity index (χ3v) is 2.49. The van der Waals surface area contributed by atoms with Gasteiger partial charge in [0.05, 0.1) is 6.61 Å². The van der Waals surface area contributed by atoms with E-state index in [1.807, 2.05) is 0 Å². The smallest absolute Gasteiger partial charge is 0.248 e. The van der Waals surface area contributed by atoms with E-state index in [4.69, 9.17) is 10.2 Å². The standard InChI is InChI=1S/C9H18N2O3/c12-7-6-10-2-1-3-11(5-4-10)9(14)8-13/h12-13H,1-8H2. The van der Waals surface area contributed by atoms with Crippen molar-refractivity contribution < 1.29 is 15.0 Å². The summed E-state index contributed by atoms with van der Waals surface area (Å²) in [7, 11) is 0. The zero-order valence-corrected chi connectivity index (χ0v) is 8.35. The molecular weight excluding hydrogens is 184 g/mol. The number of carbonyl (C=O) groups is 1. The van der Waals surface area contributed by atoms with Crippen molar-refractivity contribution in [2.45, 2.75) is 6.42 Å². The lowest BCUT2D eigenvalue weighted by Gasteiger charge is -2.20. The predicted molar refractivity (Wildman–Crippen MR) is 51.8 cm³/mol. The summed E-state index contributed by atoms with van der Waals surface area (Å²) < 4.78 is 0. The summed E-state index contributed by atoms with van der Waals surface area (Å²) >= 11 is 0. The molecule has 0 unspecified atom stereocenters. The number of hydrogen-bond donors (Lipinski definition) is 2. The van der Waals surface area contributed by atoms with Crippen LogP contribution in [0.15, 0.2) is 0 Å². The van der Waals surface area contributed by atoms with Crippen LogP contribution in [0.25, 0.3) is 0 Å². The minimum absolute atomic E-state index is 0.161. The molecule has 1 rings (SSSR count). The molecule has 14 heavy (non-hydrogen) atoms. The van der Waals surface area contributed by atoms with Crippen LogP contribution < -0.4 is 0 Å². The van der Waals surface area contributed by atoms with Crippen LogP contribution in [-0.4, -0.2) is 71.9 Å². The lowest BCUT2D eigenvalue weighted by atomic mass is 10.4. The highest BCUT2D eigenvalue weighted by Gasteiger charge is 2.17. The van der Waals surface area contributed by atoms with Gasteiger partial charge in [-0.3, -0.25) is 9.69 Å². The van der Waals surface area contributed by atoms with Gasteiger partial charge in [0.2, 0.25) is 5.91 Å². The van der Waals surface area contributed by atoms with Crippen molar-refractivity contribution in [3.8, 4) is 0 Å². The molecule has 1 saturated heterocycles. The van der Waals surface area contributed by atoms with Gasteiger partial charge >= 0.3 is 0 Å². The van der Waals surface area contributed by atoms with Crippen LogP contribution in [0.5, 0.6) is 0 Å². The average molecular weight is 202 g/mol. The van der Waals surface area contributed by atoms with Gasteiger partial charge in [-0.25, -0.2) is 0 Å². The summed E-state index contributed by atoms with van der Waals surface area (Å²) in [6.45, 7) is 3.48. The molecule has 5 nitrogen and oxygen atoms in total. The van der Waals surface area contributed by atoms with E-state index in [9.17, 15) is 4.79 Å². The fourth-order valence-corrected chi connectivity index (χ4v) is 1.69. The van der Waals surface area contributed by atoms with Crippen LogP contribution in [0, 0.1) is 0 Å². The number of aliphatic hydroxyl groups excluding tert-OH is 2. The summed E-state index contributed by atoms with van der Waals surface area (Å²) in [5.74, 6) is -0.198. The molecule has 1 amide bonds. The highest BCUT2D eigenvalue weighted by Crippen LogP contribution is 2.02. The molecule has 82 valence electrons. The van der Waals surface area contributed by atoms with Gasteiger partial charge in [-0.05, 0) is 13.0 Å². The van der Waals surface area contributed by atoms with Crippen molar-refractivity contribution in [2.75, 3.05) is 45.9 Å². The Bertz CT molecular complexity index is 187. The first-order chi connectivity index (χ1) is 6.77. The molecule has 1 aliphatic rings. The molecule has 0 atom stereocenters. The van der Waals surface area contributed by atoms with Crippen LogP contribution in [0.1, 0.15) is 6.42 Å². The molecule has 0 aromatic carbocycles. The molecule has 0 spiro atoms. The first kappa shape index (κ1) is 11.4. The van der Waals surface area contributed by atoms with E-state index < -0.39 is 6.61 Å². The zero-order chi connectivity index (χ0) is 10.4. The third-order valence-electron chi connectivity index (χ3n) is 2.49. The topological polar surface area (TPSA) is 64.0 Å². The average Bonchev–Trinajstić information content (AvgIpc) is 2.43. The number of rotatable bonds is 3. The molecule has 1 aliphatic heterocycles. The molecule has 0 aromatic heterocycles. The van der Waals surface area contributed by atoms with Gasteiger partial charge in [0.15, 0.2) is 0 Å². The molecule has 0 radical (unpaired) electrons. The van der Waals surface area contributed by atoms with Crippen molar-refractivity contribution in [1.82, 2.24) is 9.80 Å². The number of nitrogens with zero attached hydrogens (tertiary/aromatic N) is 2. The lowest BCUT2D eigenvalue weighted by Crippen LogP contribution is -2.37. The number of hydrogen-bond acceptors (Lipinski definition) is 4. The fourth-order valence-electron chi connectivity index (χ4n) is 1.69. The van der Waals surface area contributed by atoms with Gasteiger partial charge in [-0.2, -0.15) is 0 Å². The maximum atomic E-state index is 11.2. The number of carbonyl (C=O) groups excluding carboxylic acids is 1. The summed E-state index contributed by atoms with van der Waals surface area (Å²) in [6.07, 6.45) is 0.908. The van der Waals surface area contributed by atoms with Crippen molar-refractivity contribution in [1.29, 1.82) is 0 Å². The van der Waals surface area contributed by atoms with E-state index in [1.165, 1.54) is 0 Å². The maximum Gasteiger partial charge on any atom is 0.248 e. The normalized spacial score (nSPS) is 19.4. The number of aliphatic hydroxyl groups is 2. The third kappa shape index (κ3) is 3.25. The Morgan fingerprint density at radius 3 is 2.57 bits per heavy atom. The minimum atomic E-state index is -0.403. The minimum Gasteiger partial charge on any atom is -0.395 e. The van der Waals surface area contributed by atoms with Crippen molar-refractivity contribution in [2.24, 2.45) is 0 Å². The molecule has 0 saturated carbocycles. The SMILES string of the molecule is O=C(CO)N1CCCN(CCO)CC1. The van der Waals surface area contributed by atoms with Crippen molar-refractivity contribution >= 4 is 5.91 Å². The van der Waals surface area contributed by atoms with Gasteiger partial charge in [-0.15, -0.1) is 0 Å². The molecule has 1 fully saturated rings. The van der Waals surface area contributed by atoms with E-state index in [0.29, 0.717) is 19.6 Å². The van der Waals surface area contributed by atoms with Crippen LogP contribution in [0.2, 0.25) is 0 Å². The van der Waals surface area contributed by atoms with Crippen molar-refractivity contribution in [3.05, 3.63) is 0 Å². The monoisotopic (exact) mass is 202 g/mol. The molecule has 1 heterocycles. The first-order valence-electron chi connectivity index (χ1n) is 4.99. The van der Waals surface area contributed by atoms with E-state index in [2.05, 4.69) is 4.90 Å². The Balaban J connectivity index is 2.36. The molecular formula is C9H18N2O3. The molecule has 0 aromatic rings. The number of β-amino-alcohol motifs (C(OH)–C–C–N with tert-alkyl or cyclic N) is 1. The zero-order valence-electron chi connectivity index (χ0n) is 8.35. The van der Waals surface area contributed by atoms with Crippen LogP contribution in [-0.2, 0) is 4.79 Å². The second-order valence-electron chi connectivity index (χ2n) is 3.46. The van der Waals surface area contributed by atoms with Crippen LogP contribution in [0.4, 0.5) is 0 Å². The highest BCUT2D eigenvalue weighted by atomic mass is 16.3. The summed E-state index contributed by atoms with van der Waals surface area (Å²) in [5, 5.41) is 17.5. The quantitative estimate of drug-likeness (QED) is 0.585. The van der Waals surface area contributed by atoms with E-state index in [1.54, 1.807) is 4.90 Å². The van der Waals surface area contributed by atoms with Gasteiger partial charge in [-0.1, -0.05) is 0 Å². The Morgan fingerprint density at radius 2 is 1.93 bits per heavy atom. The lowest BCUT2D eigenvalue weighted by molar-refractivity contribution is -0.134. The van der Waals surface area contributed by atoms with Crippen LogP contribution in [0.3, 0.4) is 0 Å². The largest absolute Gasteiger partial charge is 0.395 e. The highest BCUT2D eigenvalue weighted by molar-refractivity contribution is 5.77. The molecule has 0 aliphatic carbocycles. The van der Waals surface area contributed by atoms with Gasteiger partial charge in [0.25, 0.3) is 0 Å². The predicted octanol–water partition coefficient (Wildman–Crippen LogP) is -1.49. The Hall–Kier alpha value is -0.650. The summed E-state index contributed by atoms with van der Waals surface area (Å²) in [6, 6.07) is 0. The Kier molecular flexibility index (Phi) is 4.86. The van der Waals surface area contributed by atoms with E-state index >= 15 is 0 Å². The second-order valence-corrected chi connectivity index (χ2v) is 3.46. The first-order valence-corrected chi connectivity index (χ1v) is 4.99. The van der Waals surface area contributed by atoms with Crippen LogP contribution >= 0.6 is 0 Å². The van der Waals surface area contributed by atoms with Gasteiger partial charge in [0, 0.05) is 26.2 Å². The number of amides is 1. The summed E-state index contributed by atoms with van der Waals surface area (Å²) in [5.41, 5.74) is 0. The van der Waals surface area contributed by atoms with Gasteiger partial charge in [0.1, 0.15) is 6.61 Å². The Morgan fingerprint density at radius 1 is 1.14 bits per heavy atom.